The van der Waals surface area contributed by atoms with Crippen molar-refractivity contribution >= 4 is 5.91 Å². The summed E-state index contributed by atoms with van der Waals surface area (Å²) >= 11 is 0. The van der Waals surface area contributed by atoms with Gasteiger partial charge in [-0.3, -0.25) is 9.89 Å². The first kappa shape index (κ1) is 18.4. The molecule has 0 spiro atoms. The lowest BCUT2D eigenvalue weighted by molar-refractivity contribution is 0.0776. The lowest BCUT2D eigenvalue weighted by Gasteiger charge is -2.34. The number of carbonyl (C=O) groups excluding carboxylic acids is 1. The first-order valence-corrected chi connectivity index (χ1v) is 9.45. The number of hydrogen-bond donors (Lipinski definition) is 2. The summed E-state index contributed by atoms with van der Waals surface area (Å²) in [5.41, 5.74) is 1.62. The van der Waals surface area contributed by atoms with Gasteiger partial charge in [0.05, 0.1) is 11.8 Å². The molecule has 2 atom stereocenters. The molecule has 25 heavy (non-hydrogen) atoms. The molecule has 2 saturated heterocycles. The van der Waals surface area contributed by atoms with Crippen LogP contribution in [0.25, 0.3) is 0 Å². The topological polar surface area (TPSA) is 75.7 Å². The molecule has 0 aromatic carbocycles. The van der Waals surface area contributed by atoms with E-state index in [-0.39, 0.29) is 18.4 Å². The van der Waals surface area contributed by atoms with Crippen LogP contribution < -0.4 is 0 Å². The molecule has 2 aliphatic rings. The molecule has 3 rings (SSSR count). The molecular weight excluding hydrogens is 318 g/mol. The lowest BCUT2D eigenvalue weighted by Crippen LogP contribution is -2.47. The molecule has 0 radical (unpaired) electrons. The SMILES string of the molecule is CCCc1[nH]ncc1C(=O)N1CC(CO)C(CN2CCN(C)CC2)C1. The molecule has 140 valence electrons. The first-order chi connectivity index (χ1) is 12.1. The molecule has 7 nitrogen and oxygen atoms in total. The van der Waals surface area contributed by atoms with Gasteiger partial charge in [0, 0.05) is 64.0 Å². The number of piperazine rings is 1. The van der Waals surface area contributed by atoms with Gasteiger partial charge in [0.25, 0.3) is 5.91 Å². The minimum atomic E-state index is 0.0523. The van der Waals surface area contributed by atoms with Gasteiger partial charge in [-0.05, 0) is 19.4 Å². The molecule has 2 N–H and O–H groups in total. The van der Waals surface area contributed by atoms with Gasteiger partial charge in [-0.25, -0.2) is 0 Å². The summed E-state index contributed by atoms with van der Waals surface area (Å²) in [6.07, 6.45) is 3.46. The fourth-order valence-corrected chi connectivity index (χ4v) is 3.99. The maximum atomic E-state index is 12.9. The van der Waals surface area contributed by atoms with Gasteiger partial charge in [-0.2, -0.15) is 5.10 Å². The van der Waals surface area contributed by atoms with E-state index in [0.29, 0.717) is 18.0 Å². The van der Waals surface area contributed by atoms with E-state index in [4.69, 9.17) is 0 Å². The Kier molecular flexibility index (Phi) is 6.09. The Balaban J connectivity index is 1.62. The van der Waals surface area contributed by atoms with Gasteiger partial charge in [-0.1, -0.05) is 13.3 Å². The fraction of sp³-hybridized carbons (Fsp3) is 0.778. The number of carbonyl (C=O) groups is 1. The third kappa shape index (κ3) is 4.22. The van der Waals surface area contributed by atoms with Gasteiger partial charge >= 0.3 is 0 Å². The molecule has 0 saturated carbocycles. The highest BCUT2D eigenvalue weighted by atomic mass is 16.3. The maximum Gasteiger partial charge on any atom is 0.257 e. The summed E-state index contributed by atoms with van der Waals surface area (Å²) in [5.74, 6) is 0.570. The number of amides is 1. The minimum Gasteiger partial charge on any atom is -0.396 e. The Morgan fingerprint density at radius 3 is 2.68 bits per heavy atom. The second kappa shape index (κ2) is 8.29. The van der Waals surface area contributed by atoms with E-state index in [1.165, 1.54) is 0 Å². The van der Waals surface area contributed by atoms with Crippen molar-refractivity contribution in [2.45, 2.75) is 19.8 Å². The largest absolute Gasteiger partial charge is 0.396 e. The van der Waals surface area contributed by atoms with Crippen molar-refractivity contribution in [3.8, 4) is 0 Å². The van der Waals surface area contributed by atoms with Crippen LogP contribution in [0.4, 0.5) is 0 Å². The van der Waals surface area contributed by atoms with Crippen LogP contribution in [0.3, 0.4) is 0 Å². The summed E-state index contributed by atoms with van der Waals surface area (Å²) in [6, 6.07) is 0. The van der Waals surface area contributed by atoms with Crippen LogP contribution in [0.15, 0.2) is 6.20 Å². The zero-order valence-corrected chi connectivity index (χ0v) is 15.4. The van der Waals surface area contributed by atoms with Crippen molar-refractivity contribution in [2.24, 2.45) is 11.8 Å². The van der Waals surface area contributed by atoms with E-state index in [1.54, 1.807) is 6.20 Å². The molecule has 1 aromatic rings. The second-order valence-electron chi connectivity index (χ2n) is 7.53. The maximum absolute atomic E-state index is 12.9. The highest BCUT2D eigenvalue weighted by Gasteiger charge is 2.37. The van der Waals surface area contributed by atoms with E-state index < -0.39 is 0 Å². The van der Waals surface area contributed by atoms with Crippen LogP contribution in [-0.4, -0.2) is 95.4 Å². The minimum absolute atomic E-state index is 0.0523. The van der Waals surface area contributed by atoms with Crippen molar-refractivity contribution in [3.05, 3.63) is 17.5 Å². The monoisotopic (exact) mass is 349 g/mol. The normalized spacial score (nSPS) is 25.6. The first-order valence-electron chi connectivity index (χ1n) is 9.45. The number of H-pyrrole nitrogens is 1. The van der Waals surface area contributed by atoms with Crippen molar-refractivity contribution in [3.63, 3.8) is 0 Å². The predicted octanol–water partition coefficient (Wildman–Crippen LogP) is 0.290. The van der Waals surface area contributed by atoms with Crippen LogP contribution in [0.2, 0.25) is 0 Å². The van der Waals surface area contributed by atoms with Crippen LogP contribution in [-0.2, 0) is 6.42 Å². The molecule has 2 fully saturated rings. The van der Waals surface area contributed by atoms with Gasteiger partial charge in [0.1, 0.15) is 0 Å². The van der Waals surface area contributed by atoms with Crippen molar-refractivity contribution < 1.29 is 9.90 Å². The van der Waals surface area contributed by atoms with Gasteiger partial charge in [0.15, 0.2) is 0 Å². The number of hydrogen-bond acceptors (Lipinski definition) is 5. The van der Waals surface area contributed by atoms with Gasteiger partial charge < -0.3 is 19.8 Å². The number of likely N-dealkylation sites (N-methyl/N-ethyl adjacent to an activating group) is 1. The standard InChI is InChI=1S/C18H31N5O2/c1-3-4-17-16(9-19-20-17)18(25)23-11-14(15(12-23)13-24)10-22-7-5-21(2)6-8-22/h9,14-15,24H,3-8,10-13H2,1-2H3,(H,19,20). The smallest absolute Gasteiger partial charge is 0.257 e. The van der Waals surface area contributed by atoms with Gasteiger partial charge in [0.2, 0.25) is 0 Å². The number of nitrogens with zero attached hydrogens (tertiary/aromatic N) is 4. The number of aromatic nitrogens is 2. The molecule has 2 unspecified atom stereocenters. The zero-order chi connectivity index (χ0) is 17.8. The number of aromatic amines is 1. The summed E-state index contributed by atoms with van der Waals surface area (Å²) in [5, 5.41) is 16.8. The van der Waals surface area contributed by atoms with Crippen molar-refractivity contribution in [2.75, 3.05) is 59.5 Å². The van der Waals surface area contributed by atoms with E-state index in [2.05, 4.69) is 34.0 Å². The number of aliphatic hydroxyl groups excluding tert-OH is 1. The number of nitrogens with one attached hydrogen (secondary N) is 1. The Labute approximate surface area is 150 Å². The Bertz CT molecular complexity index is 568. The lowest BCUT2D eigenvalue weighted by atomic mass is 9.96. The molecule has 7 heteroatoms. The van der Waals surface area contributed by atoms with Gasteiger partial charge in [-0.15, -0.1) is 0 Å². The second-order valence-corrected chi connectivity index (χ2v) is 7.53. The number of likely N-dealkylation sites (tertiary alicyclic amines) is 1. The van der Waals surface area contributed by atoms with Crippen LogP contribution in [0, 0.1) is 11.8 Å². The van der Waals surface area contributed by atoms with Crippen molar-refractivity contribution in [1.29, 1.82) is 0 Å². The average molecular weight is 349 g/mol. The highest BCUT2D eigenvalue weighted by molar-refractivity contribution is 5.95. The van der Waals surface area contributed by atoms with Crippen LogP contribution in [0.1, 0.15) is 29.4 Å². The molecule has 0 bridgehead atoms. The Morgan fingerprint density at radius 1 is 1.28 bits per heavy atom. The molecule has 1 aromatic heterocycles. The van der Waals surface area contributed by atoms with E-state index >= 15 is 0 Å². The van der Waals surface area contributed by atoms with E-state index in [0.717, 1.165) is 57.8 Å². The van der Waals surface area contributed by atoms with Crippen LogP contribution >= 0.6 is 0 Å². The molecule has 2 aliphatic heterocycles. The Hall–Kier alpha value is -1.44. The molecular formula is C18H31N5O2. The fourth-order valence-electron chi connectivity index (χ4n) is 3.99. The summed E-state index contributed by atoms with van der Waals surface area (Å²) in [6.45, 7) is 8.91. The third-order valence-electron chi connectivity index (χ3n) is 5.64. The number of rotatable bonds is 6. The van der Waals surface area contributed by atoms with Crippen LogP contribution in [0.5, 0.6) is 0 Å². The average Bonchev–Trinajstić information content (AvgIpc) is 3.23. The predicted molar refractivity (Wildman–Crippen MR) is 96.5 cm³/mol. The summed E-state index contributed by atoms with van der Waals surface area (Å²) in [7, 11) is 2.16. The van der Waals surface area contributed by atoms with E-state index in [9.17, 15) is 9.90 Å². The zero-order valence-electron chi connectivity index (χ0n) is 15.4. The Morgan fingerprint density at radius 2 is 2.00 bits per heavy atom. The molecule has 0 aliphatic carbocycles. The summed E-state index contributed by atoms with van der Waals surface area (Å²) < 4.78 is 0. The third-order valence-corrected chi connectivity index (χ3v) is 5.64. The van der Waals surface area contributed by atoms with Crippen molar-refractivity contribution in [1.82, 2.24) is 24.9 Å². The molecule has 3 heterocycles. The number of aryl methyl sites for hydroxylation is 1. The number of aliphatic hydroxyl groups is 1. The quantitative estimate of drug-likeness (QED) is 0.772. The highest BCUT2D eigenvalue weighted by Crippen LogP contribution is 2.26. The molecule has 1 amide bonds. The van der Waals surface area contributed by atoms with E-state index in [1.807, 2.05) is 4.90 Å². The summed E-state index contributed by atoms with van der Waals surface area (Å²) in [4.78, 5) is 19.6.